The van der Waals surface area contributed by atoms with Gasteiger partial charge in [0.25, 0.3) is 0 Å². The van der Waals surface area contributed by atoms with Crippen molar-refractivity contribution in [1.82, 2.24) is 15.5 Å². The highest BCUT2D eigenvalue weighted by atomic mass is 16.5. The molecule has 1 saturated heterocycles. The van der Waals surface area contributed by atoms with Gasteiger partial charge in [-0.2, -0.15) is 5.10 Å². The zero-order chi connectivity index (χ0) is 13.0. The molecule has 0 radical (unpaired) electrons. The number of hydrogen-bond donors (Lipinski definition) is 2. The number of ether oxygens (including phenoxy) is 1. The molecule has 5 heteroatoms. The van der Waals surface area contributed by atoms with E-state index in [2.05, 4.69) is 22.4 Å². The van der Waals surface area contributed by atoms with Crippen LogP contribution in [0.4, 0.5) is 0 Å². The first-order valence-electron chi connectivity index (χ1n) is 6.63. The molecule has 1 aromatic rings. The summed E-state index contributed by atoms with van der Waals surface area (Å²) in [6, 6.07) is 1.95. The molecular weight excluding hydrogens is 230 g/mol. The van der Waals surface area contributed by atoms with Gasteiger partial charge in [-0.25, -0.2) is 0 Å². The average Bonchev–Trinajstić information content (AvgIpc) is 2.98. The number of carbonyl (C=O) groups excluding carboxylic acids is 1. The summed E-state index contributed by atoms with van der Waals surface area (Å²) in [7, 11) is 0. The van der Waals surface area contributed by atoms with Crippen molar-refractivity contribution in [2.24, 2.45) is 5.92 Å². The molecule has 18 heavy (non-hydrogen) atoms. The Morgan fingerprint density at radius 2 is 2.56 bits per heavy atom. The number of rotatable bonds is 5. The summed E-state index contributed by atoms with van der Waals surface area (Å²) in [6.45, 7) is 4.74. The van der Waals surface area contributed by atoms with E-state index >= 15 is 0 Å². The van der Waals surface area contributed by atoms with Crippen LogP contribution < -0.4 is 5.32 Å². The summed E-state index contributed by atoms with van der Waals surface area (Å²) in [6.07, 6.45) is 4.42. The number of carbonyl (C=O) groups is 1. The molecule has 0 bridgehead atoms. The molecular formula is C13H21N3O2. The first-order chi connectivity index (χ1) is 8.72. The van der Waals surface area contributed by atoms with Gasteiger partial charge in [0.2, 0.25) is 5.91 Å². The SMILES string of the molecule is CCCC(C)C(=O)N[C@@H]1CCO[C@H]1c1ccn[nH]1. The molecule has 2 rings (SSSR count). The molecule has 0 aliphatic carbocycles. The minimum atomic E-state index is -0.0923. The lowest BCUT2D eigenvalue weighted by atomic mass is 10.0. The molecule has 3 atom stereocenters. The van der Waals surface area contributed by atoms with E-state index in [1.54, 1.807) is 6.20 Å². The molecule has 0 aromatic carbocycles. The Labute approximate surface area is 107 Å². The molecule has 2 heterocycles. The van der Waals surface area contributed by atoms with Gasteiger partial charge in [0, 0.05) is 18.7 Å². The van der Waals surface area contributed by atoms with Crippen LogP contribution in [0, 0.1) is 5.92 Å². The van der Waals surface area contributed by atoms with Gasteiger partial charge < -0.3 is 10.1 Å². The van der Waals surface area contributed by atoms with Gasteiger partial charge in [-0.05, 0) is 18.9 Å². The van der Waals surface area contributed by atoms with Crippen LogP contribution in [0.15, 0.2) is 12.3 Å². The third-order valence-electron chi connectivity index (χ3n) is 3.42. The Hall–Kier alpha value is -1.36. The summed E-state index contributed by atoms with van der Waals surface area (Å²) in [5.41, 5.74) is 0.931. The van der Waals surface area contributed by atoms with Crippen molar-refractivity contribution >= 4 is 5.91 Å². The van der Waals surface area contributed by atoms with Crippen molar-refractivity contribution in [2.75, 3.05) is 6.61 Å². The standard InChI is InChI=1S/C13H21N3O2/c1-3-4-9(2)13(17)15-10-6-8-18-12(10)11-5-7-14-16-11/h5,7,9-10,12H,3-4,6,8H2,1-2H3,(H,14,16)(H,15,17)/t9?,10-,12-/m1/s1. The lowest BCUT2D eigenvalue weighted by molar-refractivity contribution is -0.125. The molecule has 1 fully saturated rings. The van der Waals surface area contributed by atoms with Crippen molar-refractivity contribution < 1.29 is 9.53 Å². The maximum Gasteiger partial charge on any atom is 0.223 e. The fourth-order valence-corrected chi connectivity index (χ4v) is 2.36. The molecule has 100 valence electrons. The minimum absolute atomic E-state index is 0.0530. The lowest BCUT2D eigenvalue weighted by Gasteiger charge is -2.20. The van der Waals surface area contributed by atoms with E-state index in [0.29, 0.717) is 6.61 Å². The molecule has 1 aromatic heterocycles. The van der Waals surface area contributed by atoms with E-state index in [-0.39, 0.29) is 24.0 Å². The average molecular weight is 251 g/mol. The molecule has 1 amide bonds. The zero-order valence-corrected chi connectivity index (χ0v) is 11.0. The predicted octanol–water partition coefficient (Wildman–Crippen LogP) is 1.79. The van der Waals surface area contributed by atoms with E-state index in [0.717, 1.165) is 25.0 Å². The summed E-state index contributed by atoms with van der Waals surface area (Å²) in [4.78, 5) is 12.0. The molecule has 0 saturated carbocycles. The summed E-state index contributed by atoms with van der Waals surface area (Å²) in [5, 5.41) is 9.93. The Bertz CT molecular complexity index is 378. The molecule has 1 aliphatic rings. The maximum atomic E-state index is 12.0. The van der Waals surface area contributed by atoms with Crippen LogP contribution in [-0.4, -0.2) is 28.8 Å². The van der Waals surface area contributed by atoms with Gasteiger partial charge >= 0.3 is 0 Å². The van der Waals surface area contributed by atoms with Crippen LogP contribution in [0.2, 0.25) is 0 Å². The molecule has 5 nitrogen and oxygen atoms in total. The van der Waals surface area contributed by atoms with Crippen molar-refractivity contribution in [3.63, 3.8) is 0 Å². The predicted molar refractivity (Wildman–Crippen MR) is 67.9 cm³/mol. The largest absolute Gasteiger partial charge is 0.370 e. The van der Waals surface area contributed by atoms with E-state index in [9.17, 15) is 4.79 Å². The fourth-order valence-electron chi connectivity index (χ4n) is 2.36. The number of hydrogen-bond acceptors (Lipinski definition) is 3. The monoisotopic (exact) mass is 251 g/mol. The smallest absolute Gasteiger partial charge is 0.223 e. The molecule has 1 unspecified atom stereocenters. The topological polar surface area (TPSA) is 67.0 Å². The number of nitrogens with zero attached hydrogens (tertiary/aromatic N) is 1. The van der Waals surface area contributed by atoms with Crippen molar-refractivity contribution in [3.8, 4) is 0 Å². The van der Waals surface area contributed by atoms with Gasteiger partial charge in [0.1, 0.15) is 6.10 Å². The maximum absolute atomic E-state index is 12.0. The van der Waals surface area contributed by atoms with Gasteiger partial charge in [0.05, 0.1) is 11.7 Å². The number of amides is 1. The minimum Gasteiger partial charge on any atom is -0.370 e. The van der Waals surface area contributed by atoms with Gasteiger partial charge in [-0.1, -0.05) is 20.3 Å². The van der Waals surface area contributed by atoms with Crippen molar-refractivity contribution in [2.45, 2.75) is 45.3 Å². The van der Waals surface area contributed by atoms with Crippen LogP contribution in [0.1, 0.15) is 44.9 Å². The fraction of sp³-hybridized carbons (Fsp3) is 0.692. The van der Waals surface area contributed by atoms with Crippen molar-refractivity contribution in [3.05, 3.63) is 18.0 Å². The second-order valence-electron chi connectivity index (χ2n) is 4.90. The normalized spacial score (nSPS) is 25.0. The third kappa shape index (κ3) is 2.90. The number of H-pyrrole nitrogens is 1. The van der Waals surface area contributed by atoms with Crippen LogP contribution in [0.5, 0.6) is 0 Å². The number of aromatic nitrogens is 2. The summed E-state index contributed by atoms with van der Waals surface area (Å²) in [5.74, 6) is 0.190. The Morgan fingerprint density at radius 3 is 3.22 bits per heavy atom. The molecule has 1 aliphatic heterocycles. The van der Waals surface area contributed by atoms with Crippen LogP contribution in [0.25, 0.3) is 0 Å². The first-order valence-corrected chi connectivity index (χ1v) is 6.63. The quantitative estimate of drug-likeness (QED) is 0.838. The van der Waals surface area contributed by atoms with E-state index < -0.39 is 0 Å². The number of nitrogens with one attached hydrogen (secondary N) is 2. The molecule has 2 N–H and O–H groups in total. The van der Waals surface area contributed by atoms with Crippen molar-refractivity contribution in [1.29, 1.82) is 0 Å². The zero-order valence-electron chi connectivity index (χ0n) is 11.0. The van der Waals surface area contributed by atoms with Gasteiger partial charge in [-0.3, -0.25) is 9.89 Å². The first kappa shape index (κ1) is 13.1. The lowest BCUT2D eigenvalue weighted by Crippen LogP contribution is -2.39. The van der Waals surface area contributed by atoms with E-state index in [1.165, 1.54) is 0 Å². The second kappa shape index (κ2) is 6.00. The third-order valence-corrected chi connectivity index (χ3v) is 3.42. The summed E-state index contributed by atoms with van der Waals surface area (Å²) >= 11 is 0. The van der Waals surface area contributed by atoms with Crippen LogP contribution in [-0.2, 0) is 9.53 Å². The highest BCUT2D eigenvalue weighted by molar-refractivity contribution is 5.78. The van der Waals surface area contributed by atoms with Gasteiger partial charge in [-0.15, -0.1) is 0 Å². The van der Waals surface area contributed by atoms with Crippen LogP contribution >= 0.6 is 0 Å². The molecule has 0 spiro atoms. The second-order valence-corrected chi connectivity index (χ2v) is 4.90. The Balaban J connectivity index is 1.94. The van der Waals surface area contributed by atoms with E-state index in [1.807, 2.05) is 13.0 Å². The Kier molecular flexibility index (Phi) is 4.36. The highest BCUT2D eigenvalue weighted by Gasteiger charge is 2.32. The number of aromatic amines is 1. The highest BCUT2D eigenvalue weighted by Crippen LogP contribution is 2.27. The van der Waals surface area contributed by atoms with Gasteiger partial charge in [0.15, 0.2) is 0 Å². The summed E-state index contributed by atoms with van der Waals surface area (Å²) < 4.78 is 5.66. The van der Waals surface area contributed by atoms with Crippen LogP contribution in [0.3, 0.4) is 0 Å². The Morgan fingerprint density at radius 1 is 1.72 bits per heavy atom. The van der Waals surface area contributed by atoms with E-state index in [4.69, 9.17) is 4.74 Å².